The molecule has 1 aliphatic rings. The number of hydrogen-bond donors (Lipinski definition) is 0. The van der Waals surface area contributed by atoms with E-state index in [0.29, 0.717) is 47.9 Å². The lowest BCUT2D eigenvalue weighted by Crippen LogP contribution is -2.48. The first kappa shape index (κ1) is 26.6. The number of ether oxygens (including phenoxy) is 2. The first-order valence-electron chi connectivity index (χ1n) is 12.6. The second-order valence-electron chi connectivity index (χ2n) is 9.36. The van der Waals surface area contributed by atoms with Crippen molar-refractivity contribution in [2.24, 2.45) is 0 Å². The van der Waals surface area contributed by atoms with Crippen molar-refractivity contribution in [1.29, 1.82) is 0 Å². The molecule has 10 heteroatoms. The molecule has 0 unspecified atom stereocenters. The van der Waals surface area contributed by atoms with E-state index in [1.54, 1.807) is 55.9 Å². The van der Waals surface area contributed by atoms with Gasteiger partial charge in [-0.05, 0) is 30.3 Å². The highest BCUT2D eigenvalue weighted by molar-refractivity contribution is 7.90. The Labute approximate surface area is 227 Å². The molecule has 0 N–H and O–H groups in total. The average molecular weight is 547 g/mol. The van der Waals surface area contributed by atoms with Crippen LogP contribution in [0.3, 0.4) is 0 Å². The molecule has 1 aliphatic heterocycles. The number of methoxy groups -OCH3 is 2. The molecule has 202 valence electrons. The van der Waals surface area contributed by atoms with Crippen LogP contribution in [0, 0.1) is 0 Å². The molecule has 2 aromatic carbocycles. The molecule has 0 atom stereocenters. The molecule has 0 aliphatic carbocycles. The number of rotatable bonds is 8. The van der Waals surface area contributed by atoms with Gasteiger partial charge in [-0.15, -0.1) is 0 Å². The molecule has 1 saturated heterocycles. The van der Waals surface area contributed by atoms with Crippen molar-refractivity contribution in [2.45, 2.75) is 17.2 Å². The van der Waals surface area contributed by atoms with Crippen LogP contribution in [-0.2, 0) is 22.1 Å². The molecule has 4 aromatic rings. The van der Waals surface area contributed by atoms with E-state index >= 15 is 0 Å². The smallest absolute Gasteiger partial charge is 0.254 e. The van der Waals surface area contributed by atoms with Crippen molar-refractivity contribution in [3.8, 4) is 11.6 Å². The highest BCUT2D eigenvalue weighted by Gasteiger charge is 2.25. The number of pyridine rings is 2. The van der Waals surface area contributed by atoms with Gasteiger partial charge in [0.15, 0.2) is 9.84 Å². The van der Waals surface area contributed by atoms with E-state index in [4.69, 9.17) is 9.47 Å². The topological polar surface area (TPSA) is 102 Å². The third-order valence-corrected chi connectivity index (χ3v) is 8.60. The second-order valence-corrected chi connectivity index (χ2v) is 11.3. The predicted octanol–water partition coefficient (Wildman–Crippen LogP) is 3.58. The Kier molecular flexibility index (Phi) is 7.76. The van der Waals surface area contributed by atoms with Gasteiger partial charge in [0.05, 0.1) is 30.4 Å². The van der Waals surface area contributed by atoms with Crippen molar-refractivity contribution < 1.29 is 22.7 Å². The summed E-state index contributed by atoms with van der Waals surface area (Å²) >= 11 is 0. The summed E-state index contributed by atoms with van der Waals surface area (Å²) in [5, 5.41) is 0.756. The number of para-hydroxylation sites is 1. The lowest BCUT2D eigenvalue weighted by atomic mass is 10.1. The summed E-state index contributed by atoms with van der Waals surface area (Å²) in [5.41, 5.74) is 2.39. The molecular formula is C29H30N4O5S. The van der Waals surface area contributed by atoms with Crippen LogP contribution in [0.1, 0.15) is 21.5 Å². The van der Waals surface area contributed by atoms with Gasteiger partial charge in [-0.1, -0.05) is 30.3 Å². The zero-order chi connectivity index (χ0) is 27.4. The number of carbonyl (C=O) groups is 1. The summed E-state index contributed by atoms with van der Waals surface area (Å²) in [6, 6.07) is 17.6. The molecule has 9 nitrogen and oxygen atoms in total. The molecule has 0 radical (unpaired) electrons. The number of benzene rings is 2. The fraction of sp³-hybridized carbons (Fsp3) is 0.276. The lowest BCUT2D eigenvalue weighted by Gasteiger charge is -2.35. The van der Waals surface area contributed by atoms with Crippen LogP contribution in [0.5, 0.6) is 11.6 Å². The molecular weight excluding hydrogens is 516 g/mol. The van der Waals surface area contributed by atoms with E-state index in [9.17, 15) is 13.2 Å². The molecule has 5 rings (SSSR count). The van der Waals surface area contributed by atoms with Gasteiger partial charge in [0, 0.05) is 67.2 Å². The third kappa shape index (κ3) is 5.71. The van der Waals surface area contributed by atoms with Gasteiger partial charge >= 0.3 is 0 Å². The van der Waals surface area contributed by atoms with E-state index in [1.165, 1.54) is 7.11 Å². The SMILES string of the molecule is COc1cc(C(=O)N2CCN(Cc3cccnc3OC)CC2)ccc1CS(=O)(=O)c1cccc2cccnc12. The maximum absolute atomic E-state index is 13.4. The zero-order valence-electron chi connectivity index (χ0n) is 21.9. The monoisotopic (exact) mass is 546 g/mol. The summed E-state index contributed by atoms with van der Waals surface area (Å²) in [6.45, 7) is 3.29. The molecule has 0 spiro atoms. The Morgan fingerprint density at radius 1 is 0.872 bits per heavy atom. The minimum Gasteiger partial charge on any atom is -0.496 e. The van der Waals surface area contributed by atoms with Gasteiger partial charge in [0.25, 0.3) is 5.91 Å². The van der Waals surface area contributed by atoms with E-state index in [2.05, 4.69) is 14.9 Å². The minimum atomic E-state index is -3.72. The number of hydrogen-bond acceptors (Lipinski definition) is 8. The maximum atomic E-state index is 13.4. The second kappa shape index (κ2) is 11.4. The van der Waals surface area contributed by atoms with Gasteiger partial charge in [-0.2, -0.15) is 0 Å². The average Bonchev–Trinajstić information content (AvgIpc) is 2.97. The Bertz CT molecular complexity index is 1600. The van der Waals surface area contributed by atoms with Crippen molar-refractivity contribution in [2.75, 3.05) is 40.4 Å². The van der Waals surface area contributed by atoms with Crippen LogP contribution in [-0.4, -0.2) is 74.5 Å². The highest BCUT2D eigenvalue weighted by Crippen LogP contribution is 2.29. The minimum absolute atomic E-state index is 0.112. The molecule has 2 aromatic heterocycles. The van der Waals surface area contributed by atoms with Crippen molar-refractivity contribution in [3.63, 3.8) is 0 Å². The number of carbonyl (C=O) groups excluding carboxylic acids is 1. The molecule has 1 amide bonds. The number of nitrogens with zero attached hydrogens (tertiary/aromatic N) is 4. The summed E-state index contributed by atoms with van der Waals surface area (Å²) < 4.78 is 37.6. The van der Waals surface area contributed by atoms with Crippen LogP contribution in [0.25, 0.3) is 10.9 Å². The van der Waals surface area contributed by atoms with E-state index in [0.717, 1.165) is 24.0 Å². The maximum Gasteiger partial charge on any atom is 0.254 e. The first-order chi connectivity index (χ1) is 18.9. The molecule has 0 saturated carbocycles. The van der Waals surface area contributed by atoms with Crippen LogP contribution < -0.4 is 9.47 Å². The molecule has 3 heterocycles. The van der Waals surface area contributed by atoms with E-state index < -0.39 is 9.84 Å². The van der Waals surface area contributed by atoms with Crippen LogP contribution in [0.15, 0.2) is 78.0 Å². The lowest BCUT2D eigenvalue weighted by molar-refractivity contribution is 0.0627. The fourth-order valence-corrected chi connectivity index (χ4v) is 6.42. The number of aromatic nitrogens is 2. The van der Waals surface area contributed by atoms with Crippen LogP contribution in [0.4, 0.5) is 0 Å². The van der Waals surface area contributed by atoms with Gasteiger partial charge in [-0.3, -0.25) is 14.7 Å². The Morgan fingerprint density at radius 2 is 1.62 bits per heavy atom. The molecule has 39 heavy (non-hydrogen) atoms. The van der Waals surface area contributed by atoms with Gasteiger partial charge < -0.3 is 14.4 Å². The Morgan fingerprint density at radius 3 is 2.38 bits per heavy atom. The van der Waals surface area contributed by atoms with Crippen LogP contribution >= 0.6 is 0 Å². The largest absolute Gasteiger partial charge is 0.496 e. The number of sulfone groups is 1. The zero-order valence-corrected chi connectivity index (χ0v) is 22.7. The highest BCUT2D eigenvalue weighted by atomic mass is 32.2. The predicted molar refractivity (Wildman–Crippen MR) is 148 cm³/mol. The number of piperazine rings is 1. The summed E-state index contributed by atoms with van der Waals surface area (Å²) in [7, 11) is -0.634. The number of fused-ring (bicyclic) bond motifs is 1. The van der Waals surface area contributed by atoms with E-state index in [1.807, 2.05) is 29.2 Å². The van der Waals surface area contributed by atoms with E-state index in [-0.39, 0.29) is 16.6 Å². The fourth-order valence-electron chi connectivity index (χ4n) is 4.87. The summed E-state index contributed by atoms with van der Waals surface area (Å²) in [6.07, 6.45) is 3.28. The quantitative estimate of drug-likeness (QED) is 0.331. The van der Waals surface area contributed by atoms with Gasteiger partial charge in [-0.25, -0.2) is 13.4 Å². The van der Waals surface area contributed by atoms with Crippen molar-refractivity contribution in [3.05, 3.63) is 89.7 Å². The standard InChI is InChI=1S/C29H30N4O5S/c1-37-25-18-22(29(34)33-16-14-32(15-17-33)19-23-8-5-13-31-28(23)38-2)10-11-24(25)20-39(35,36)26-9-3-6-21-7-4-12-30-27(21)26/h3-13,18H,14-17,19-20H2,1-2H3. The van der Waals surface area contributed by atoms with Crippen LogP contribution in [0.2, 0.25) is 0 Å². The summed E-state index contributed by atoms with van der Waals surface area (Å²) in [4.78, 5) is 26.1. The normalized spacial score (nSPS) is 14.4. The number of amides is 1. The molecule has 1 fully saturated rings. The summed E-state index contributed by atoms with van der Waals surface area (Å²) in [5.74, 6) is 0.595. The van der Waals surface area contributed by atoms with Gasteiger partial charge in [0.1, 0.15) is 5.75 Å². The Balaban J connectivity index is 1.28. The Hall–Kier alpha value is -4.02. The first-order valence-corrected chi connectivity index (χ1v) is 14.3. The van der Waals surface area contributed by atoms with Gasteiger partial charge in [0.2, 0.25) is 5.88 Å². The van der Waals surface area contributed by atoms with Crippen molar-refractivity contribution >= 4 is 26.6 Å². The van der Waals surface area contributed by atoms with Crippen molar-refractivity contribution in [1.82, 2.24) is 19.8 Å². The molecule has 0 bridgehead atoms. The third-order valence-electron chi connectivity index (χ3n) is 6.91.